The van der Waals surface area contributed by atoms with Crippen LogP contribution >= 0.6 is 11.3 Å². The number of fused-ring (bicyclic) bond motifs is 1. The van der Waals surface area contributed by atoms with Crippen LogP contribution < -0.4 is 4.90 Å². The molecular weight excluding hydrogens is 574 g/mol. The summed E-state index contributed by atoms with van der Waals surface area (Å²) < 4.78 is 0. The Morgan fingerprint density at radius 3 is 2.23 bits per heavy atom. The van der Waals surface area contributed by atoms with Crippen LogP contribution in [0.15, 0.2) is 71.3 Å². The lowest BCUT2D eigenvalue weighted by molar-refractivity contribution is -0.164. The van der Waals surface area contributed by atoms with Crippen LogP contribution in [-0.4, -0.2) is 51.7 Å². The molecule has 4 amide bonds. The van der Waals surface area contributed by atoms with E-state index in [4.69, 9.17) is 4.98 Å². The normalized spacial score (nSPS) is 16.1. The largest absolute Gasteiger partial charge is 0.348 e. The molecule has 0 atom stereocenters. The second-order valence-corrected chi connectivity index (χ2v) is 11.7. The molecule has 3 aromatic rings. The van der Waals surface area contributed by atoms with Gasteiger partial charge in [0.15, 0.2) is 5.13 Å². The maximum atomic E-state index is 14.1. The van der Waals surface area contributed by atoms with E-state index in [1.165, 1.54) is 18.3 Å². The lowest BCUT2D eigenvalue weighted by Gasteiger charge is -2.37. The summed E-state index contributed by atoms with van der Waals surface area (Å²) in [4.78, 5) is 62.2. The zero-order valence-electron chi connectivity index (χ0n) is 25.0. The summed E-state index contributed by atoms with van der Waals surface area (Å²) in [5.41, 5.74) is 2.16. The molecule has 0 radical (unpaired) electrons. The maximum absolute atomic E-state index is 14.1. The fourth-order valence-electron chi connectivity index (χ4n) is 5.29. The van der Waals surface area contributed by atoms with E-state index in [1.807, 2.05) is 36.4 Å². The molecule has 5 rings (SSSR count). The fraction of sp³-hybridized carbons (Fsp3) is 0.294. The van der Waals surface area contributed by atoms with Gasteiger partial charge in [-0.15, -0.1) is 0 Å². The van der Waals surface area contributed by atoms with Crippen LogP contribution in [0.2, 0.25) is 0 Å². The van der Waals surface area contributed by atoms with E-state index in [-0.39, 0.29) is 28.7 Å². The molecule has 1 aromatic heterocycles. The number of unbranched alkanes of at least 4 members (excludes halogenated alkanes) is 2. The van der Waals surface area contributed by atoms with Crippen LogP contribution in [0.5, 0.6) is 0 Å². The van der Waals surface area contributed by atoms with E-state index >= 15 is 0 Å². The highest BCUT2D eigenvalue weighted by Gasteiger charge is 2.46. The third-order valence-electron chi connectivity index (χ3n) is 7.74. The third-order valence-corrected chi connectivity index (χ3v) is 8.80. The first-order chi connectivity index (χ1) is 21.3. The van der Waals surface area contributed by atoms with Crippen LogP contribution in [0.1, 0.15) is 67.3 Å². The summed E-state index contributed by atoms with van der Waals surface area (Å²) >= 11 is 1.43. The summed E-state index contributed by atoms with van der Waals surface area (Å²) in [6.45, 7) is 7.50. The van der Waals surface area contributed by atoms with Gasteiger partial charge in [0.25, 0.3) is 23.6 Å². The quantitative estimate of drug-likeness (QED) is 0.207. The molecule has 44 heavy (non-hydrogen) atoms. The number of anilines is 1. The zero-order valence-corrected chi connectivity index (χ0v) is 25.8. The van der Waals surface area contributed by atoms with Gasteiger partial charge in [0.2, 0.25) is 0 Å². The van der Waals surface area contributed by atoms with Gasteiger partial charge in [-0.3, -0.25) is 19.2 Å². The predicted octanol–water partition coefficient (Wildman–Crippen LogP) is 5.95. The van der Waals surface area contributed by atoms with Gasteiger partial charge in [-0.25, -0.2) is 4.98 Å². The molecule has 0 saturated heterocycles. The molecule has 10 heteroatoms. The van der Waals surface area contributed by atoms with Crippen molar-refractivity contribution in [1.29, 1.82) is 5.26 Å². The van der Waals surface area contributed by atoms with Gasteiger partial charge in [0, 0.05) is 29.8 Å². The van der Waals surface area contributed by atoms with Crippen molar-refractivity contribution in [2.45, 2.75) is 52.9 Å². The number of rotatable bonds is 10. The van der Waals surface area contributed by atoms with Gasteiger partial charge < -0.3 is 4.90 Å². The first kappa shape index (κ1) is 30.6. The highest BCUT2D eigenvalue weighted by molar-refractivity contribution is 7.17. The lowest BCUT2D eigenvalue weighted by atomic mass is 9.94. The number of nitriles is 1. The van der Waals surface area contributed by atoms with E-state index < -0.39 is 23.6 Å². The monoisotopic (exact) mass is 607 g/mol. The summed E-state index contributed by atoms with van der Waals surface area (Å²) in [5.74, 6) is -3.37. The molecule has 0 unspecified atom stereocenters. The van der Waals surface area contributed by atoms with Crippen molar-refractivity contribution in [3.63, 3.8) is 0 Å². The fourth-order valence-corrected chi connectivity index (χ4v) is 6.37. The van der Waals surface area contributed by atoms with Crippen LogP contribution in [0.3, 0.4) is 0 Å². The Balaban J connectivity index is 1.64. The van der Waals surface area contributed by atoms with Crippen LogP contribution in [0.25, 0.3) is 17.3 Å². The first-order valence-electron chi connectivity index (χ1n) is 14.8. The van der Waals surface area contributed by atoms with E-state index in [0.717, 1.165) is 49.5 Å². The minimum Gasteiger partial charge on any atom is -0.348 e. The number of hydrogen-bond donors (Lipinski definition) is 0. The minimum atomic E-state index is -1.01. The molecule has 0 fully saturated rings. The molecule has 224 valence electrons. The van der Waals surface area contributed by atoms with E-state index in [2.05, 4.69) is 18.7 Å². The van der Waals surface area contributed by atoms with Crippen molar-refractivity contribution in [1.82, 2.24) is 15.0 Å². The maximum Gasteiger partial charge on any atom is 0.291 e. The summed E-state index contributed by atoms with van der Waals surface area (Å²) in [5, 5.41) is 11.9. The Morgan fingerprint density at radius 1 is 0.909 bits per heavy atom. The Hall–Kier alpha value is -4.88. The van der Waals surface area contributed by atoms with Gasteiger partial charge in [-0.05, 0) is 43.0 Å². The third kappa shape index (κ3) is 5.71. The lowest BCUT2D eigenvalue weighted by Crippen LogP contribution is -2.59. The Labute approximate surface area is 260 Å². The smallest absolute Gasteiger partial charge is 0.291 e. The molecule has 0 aliphatic carbocycles. The molecule has 0 N–H and O–H groups in total. The molecule has 0 spiro atoms. The Bertz CT molecular complexity index is 1730. The number of imide groups is 2. The highest BCUT2D eigenvalue weighted by Crippen LogP contribution is 2.38. The molecule has 2 aliphatic rings. The zero-order chi connectivity index (χ0) is 31.4. The van der Waals surface area contributed by atoms with Gasteiger partial charge in [0.1, 0.15) is 11.6 Å². The molecule has 0 saturated carbocycles. The number of amides is 4. The Kier molecular flexibility index (Phi) is 9.16. The second kappa shape index (κ2) is 13.2. The number of hydrogen-bond acceptors (Lipinski definition) is 8. The SMILES string of the molecule is CCCCN(CCCC)c1nc(-c2ccccc2)c(/C=C2\C(=O)N(N3C(=O)Cc4ccccc4C3=O)C(=O)C(C#N)=C2C)s1. The van der Waals surface area contributed by atoms with Gasteiger partial charge in [0.05, 0.1) is 17.0 Å². The van der Waals surface area contributed by atoms with Gasteiger partial charge in [-0.1, -0.05) is 86.6 Å². The van der Waals surface area contributed by atoms with Crippen LogP contribution in [-0.2, 0) is 20.8 Å². The number of carbonyl (C=O) groups excluding carboxylic acids is 4. The van der Waals surface area contributed by atoms with E-state index in [0.29, 0.717) is 26.2 Å². The van der Waals surface area contributed by atoms with E-state index in [1.54, 1.807) is 30.3 Å². The summed E-state index contributed by atoms with van der Waals surface area (Å²) in [6.07, 6.45) is 5.55. The molecular formula is C34H33N5O4S. The highest BCUT2D eigenvalue weighted by atomic mass is 32.1. The number of thiazole rings is 1. The molecule has 0 bridgehead atoms. The molecule has 9 nitrogen and oxygen atoms in total. The number of nitrogens with zero attached hydrogens (tertiary/aromatic N) is 5. The minimum absolute atomic E-state index is 0.0432. The van der Waals surface area contributed by atoms with Crippen molar-refractivity contribution in [2.24, 2.45) is 0 Å². The Morgan fingerprint density at radius 2 is 1.57 bits per heavy atom. The predicted molar refractivity (Wildman–Crippen MR) is 169 cm³/mol. The summed E-state index contributed by atoms with van der Waals surface area (Å²) in [6, 6.07) is 18.1. The number of carbonyl (C=O) groups is 4. The van der Waals surface area contributed by atoms with Crippen molar-refractivity contribution in [3.8, 4) is 17.3 Å². The van der Waals surface area contributed by atoms with Crippen molar-refractivity contribution in [3.05, 3.63) is 87.3 Å². The average molecular weight is 608 g/mol. The topological polar surface area (TPSA) is 115 Å². The average Bonchev–Trinajstić information content (AvgIpc) is 3.45. The molecule has 3 heterocycles. The number of aromatic nitrogens is 1. The van der Waals surface area contributed by atoms with Crippen molar-refractivity contribution < 1.29 is 19.2 Å². The number of benzene rings is 2. The summed E-state index contributed by atoms with van der Waals surface area (Å²) in [7, 11) is 0. The standard InChI is InChI=1S/C34H33N5O4S/c1-4-6-17-37(18-7-5-2)34-36-30(23-13-9-8-10-14-23)28(44-34)20-26-22(3)27(21-35)33(43)39(32(26)42)38-29(40)19-24-15-11-12-16-25(24)31(38)41/h8-16,20H,4-7,17-19H2,1-3H3/b26-20-. The number of hydrazine groups is 1. The molecule has 2 aliphatic heterocycles. The van der Waals surface area contributed by atoms with Crippen molar-refractivity contribution >= 4 is 46.2 Å². The van der Waals surface area contributed by atoms with E-state index in [9.17, 15) is 24.4 Å². The van der Waals surface area contributed by atoms with Crippen LogP contribution in [0, 0.1) is 11.3 Å². The molecule has 2 aromatic carbocycles. The second-order valence-electron chi connectivity index (χ2n) is 10.7. The van der Waals surface area contributed by atoms with Gasteiger partial charge in [-0.2, -0.15) is 15.3 Å². The first-order valence-corrected chi connectivity index (χ1v) is 15.6. The van der Waals surface area contributed by atoms with Crippen molar-refractivity contribution in [2.75, 3.05) is 18.0 Å². The van der Waals surface area contributed by atoms with Crippen LogP contribution in [0.4, 0.5) is 5.13 Å². The van der Waals surface area contributed by atoms with Gasteiger partial charge >= 0.3 is 0 Å².